The van der Waals surface area contributed by atoms with E-state index in [-0.39, 0.29) is 12.0 Å². The summed E-state index contributed by atoms with van der Waals surface area (Å²) in [5.41, 5.74) is 1.48. The van der Waals surface area contributed by atoms with Crippen LogP contribution in [0.25, 0.3) is 0 Å². The lowest BCUT2D eigenvalue weighted by atomic mass is 9.98. The van der Waals surface area contributed by atoms with Crippen molar-refractivity contribution >= 4 is 6.29 Å². The molecule has 0 fully saturated rings. The van der Waals surface area contributed by atoms with Crippen LogP contribution in [0.15, 0.2) is 30.3 Å². The Morgan fingerprint density at radius 2 is 1.86 bits per heavy atom. The fraction of sp³-hybridized carbons (Fsp3) is 0.235. The zero-order chi connectivity index (χ0) is 15.4. The van der Waals surface area contributed by atoms with E-state index < -0.39 is 11.6 Å². The third-order valence-electron chi connectivity index (χ3n) is 3.34. The van der Waals surface area contributed by atoms with Crippen LogP contribution in [0.3, 0.4) is 0 Å². The molecule has 2 aromatic rings. The minimum Gasteiger partial charge on any atom is -0.494 e. The monoisotopic (exact) mass is 290 g/mol. The molecule has 0 bridgehead atoms. The van der Waals surface area contributed by atoms with Crippen molar-refractivity contribution in [3.05, 3.63) is 64.2 Å². The third kappa shape index (κ3) is 3.27. The molecule has 0 atom stereocenters. The van der Waals surface area contributed by atoms with Gasteiger partial charge < -0.3 is 4.74 Å². The first-order valence-corrected chi connectivity index (χ1v) is 6.71. The number of carbonyl (C=O) groups is 1. The fourth-order valence-electron chi connectivity index (χ4n) is 2.16. The van der Waals surface area contributed by atoms with Crippen molar-refractivity contribution in [1.82, 2.24) is 0 Å². The van der Waals surface area contributed by atoms with E-state index in [9.17, 15) is 13.6 Å². The quantitative estimate of drug-likeness (QED) is 0.776. The summed E-state index contributed by atoms with van der Waals surface area (Å²) in [7, 11) is 0. The van der Waals surface area contributed by atoms with Crippen molar-refractivity contribution in [2.75, 3.05) is 6.61 Å². The van der Waals surface area contributed by atoms with Crippen molar-refractivity contribution in [2.24, 2.45) is 0 Å². The van der Waals surface area contributed by atoms with Gasteiger partial charge in [0.15, 0.2) is 0 Å². The Hall–Kier alpha value is -2.23. The Morgan fingerprint density at radius 1 is 1.14 bits per heavy atom. The van der Waals surface area contributed by atoms with Crippen LogP contribution < -0.4 is 4.74 Å². The summed E-state index contributed by atoms with van der Waals surface area (Å²) in [6, 6.07) is 7.73. The number of ether oxygens (including phenoxy) is 1. The molecule has 21 heavy (non-hydrogen) atoms. The van der Waals surface area contributed by atoms with Gasteiger partial charge >= 0.3 is 0 Å². The van der Waals surface area contributed by atoms with Crippen molar-refractivity contribution in [3.63, 3.8) is 0 Å². The van der Waals surface area contributed by atoms with Crippen LogP contribution in [0.4, 0.5) is 8.78 Å². The number of hydrogen-bond acceptors (Lipinski definition) is 2. The van der Waals surface area contributed by atoms with Gasteiger partial charge in [0.05, 0.1) is 6.61 Å². The van der Waals surface area contributed by atoms with Gasteiger partial charge in [0.1, 0.15) is 23.7 Å². The molecule has 0 aliphatic carbocycles. The first kappa shape index (κ1) is 15.2. The number of hydrogen-bond donors (Lipinski definition) is 0. The van der Waals surface area contributed by atoms with Gasteiger partial charge in [-0.15, -0.1) is 0 Å². The average molecular weight is 290 g/mol. The predicted octanol–water partition coefficient (Wildman–Crippen LogP) is 4.08. The first-order chi connectivity index (χ1) is 10.1. The molecule has 0 saturated carbocycles. The molecule has 0 N–H and O–H groups in total. The van der Waals surface area contributed by atoms with E-state index in [4.69, 9.17) is 4.74 Å². The van der Waals surface area contributed by atoms with Crippen LogP contribution in [0.2, 0.25) is 0 Å². The summed E-state index contributed by atoms with van der Waals surface area (Å²) < 4.78 is 32.6. The van der Waals surface area contributed by atoms with Crippen molar-refractivity contribution in [1.29, 1.82) is 0 Å². The van der Waals surface area contributed by atoms with E-state index >= 15 is 0 Å². The molecule has 0 aliphatic heterocycles. The topological polar surface area (TPSA) is 26.3 Å². The fourth-order valence-corrected chi connectivity index (χ4v) is 2.16. The molecule has 0 saturated heterocycles. The van der Waals surface area contributed by atoms with Gasteiger partial charge in [0, 0.05) is 17.5 Å². The van der Waals surface area contributed by atoms with E-state index in [1.54, 1.807) is 18.2 Å². The predicted molar refractivity (Wildman–Crippen MR) is 76.9 cm³/mol. The zero-order valence-electron chi connectivity index (χ0n) is 12.0. The Balaban J connectivity index is 2.35. The Bertz CT molecular complexity index is 666. The van der Waals surface area contributed by atoms with Crippen LogP contribution in [0.1, 0.15) is 34.0 Å². The molecule has 0 aromatic heterocycles. The summed E-state index contributed by atoms with van der Waals surface area (Å²) in [6.45, 7) is 3.75. The molecule has 2 rings (SSSR count). The SMILES string of the molecule is CCOc1ccc(Cc2ccc(F)c(C)c2F)c(C=O)c1. The van der Waals surface area contributed by atoms with E-state index in [1.807, 2.05) is 6.92 Å². The minimum absolute atomic E-state index is 0.00825. The highest BCUT2D eigenvalue weighted by atomic mass is 19.1. The van der Waals surface area contributed by atoms with Crippen LogP contribution in [0.5, 0.6) is 5.75 Å². The molecule has 0 amide bonds. The van der Waals surface area contributed by atoms with E-state index in [0.29, 0.717) is 35.3 Å². The number of rotatable bonds is 5. The molecule has 0 unspecified atom stereocenters. The lowest BCUT2D eigenvalue weighted by molar-refractivity contribution is 0.112. The molecular weight excluding hydrogens is 274 g/mol. The molecule has 0 heterocycles. The molecule has 0 spiro atoms. The highest BCUT2D eigenvalue weighted by molar-refractivity contribution is 5.78. The lowest BCUT2D eigenvalue weighted by Crippen LogP contribution is -2.01. The van der Waals surface area contributed by atoms with Crippen LogP contribution in [-0.4, -0.2) is 12.9 Å². The van der Waals surface area contributed by atoms with Gasteiger partial charge in [-0.2, -0.15) is 0 Å². The molecule has 0 radical (unpaired) electrons. The average Bonchev–Trinajstić information content (AvgIpc) is 2.49. The number of halogens is 2. The highest BCUT2D eigenvalue weighted by Crippen LogP contribution is 2.23. The van der Waals surface area contributed by atoms with Gasteiger partial charge in [0.25, 0.3) is 0 Å². The van der Waals surface area contributed by atoms with Crippen LogP contribution >= 0.6 is 0 Å². The molecule has 4 heteroatoms. The first-order valence-electron chi connectivity index (χ1n) is 6.71. The largest absolute Gasteiger partial charge is 0.494 e. The Kier molecular flexibility index (Phi) is 4.68. The normalized spacial score (nSPS) is 10.5. The van der Waals surface area contributed by atoms with Gasteiger partial charge in [0.2, 0.25) is 0 Å². The van der Waals surface area contributed by atoms with Gasteiger partial charge in [-0.3, -0.25) is 4.79 Å². The standard InChI is InChI=1S/C17H16F2O2/c1-3-21-15-6-4-12(14(9-15)10-20)8-13-5-7-16(18)11(2)17(13)19/h4-7,9-10H,3,8H2,1-2H3. The minimum atomic E-state index is -0.571. The maximum absolute atomic E-state index is 14.0. The molecular formula is C17H16F2O2. The Morgan fingerprint density at radius 3 is 2.52 bits per heavy atom. The summed E-state index contributed by atoms with van der Waals surface area (Å²) >= 11 is 0. The van der Waals surface area contributed by atoms with E-state index in [2.05, 4.69) is 0 Å². The highest BCUT2D eigenvalue weighted by Gasteiger charge is 2.12. The van der Waals surface area contributed by atoms with Crippen molar-refractivity contribution in [3.8, 4) is 5.75 Å². The van der Waals surface area contributed by atoms with Crippen LogP contribution in [-0.2, 0) is 6.42 Å². The Labute approximate surface area is 122 Å². The van der Waals surface area contributed by atoms with Crippen LogP contribution in [0, 0.1) is 18.6 Å². The maximum atomic E-state index is 14.0. The summed E-state index contributed by atoms with van der Waals surface area (Å²) in [4.78, 5) is 11.2. The maximum Gasteiger partial charge on any atom is 0.150 e. The molecule has 2 nitrogen and oxygen atoms in total. The second-order valence-corrected chi connectivity index (χ2v) is 4.73. The second-order valence-electron chi connectivity index (χ2n) is 4.73. The summed E-state index contributed by atoms with van der Waals surface area (Å²) in [5, 5.41) is 0. The summed E-state index contributed by atoms with van der Waals surface area (Å²) in [6.07, 6.45) is 0.944. The van der Waals surface area contributed by atoms with Gasteiger partial charge in [-0.25, -0.2) is 8.78 Å². The zero-order valence-corrected chi connectivity index (χ0v) is 12.0. The smallest absolute Gasteiger partial charge is 0.150 e. The number of aldehydes is 1. The van der Waals surface area contributed by atoms with Crippen molar-refractivity contribution < 1.29 is 18.3 Å². The number of carbonyl (C=O) groups excluding carboxylic acids is 1. The molecule has 110 valence electrons. The third-order valence-corrected chi connectivity index (χ3v) is 3.34. The van der Waals surface area contributed by atoms with Crippen molar-refractivity contribution in [2.45, 2.75) is 20.3 Å². The number of benzene rings is 2. The second kappa shape index (κ2) is 6.48. The van der Waals surface area contributed by atoms with E-state index in [0.717, 1.165) is 0 Å². The summed E-state index contributed by atoms with van der Waals surface area (Å²) in [5.74, 6) is -0.543. The lowest BCUT2D eigenvalue weighted by Gasteiger charge is -2.10. The molecule has 2 aromatic carbocycles. The van der Waals surface area contributed by atoms with E-state index in [1.165, 1.54) is 19.1 Å². The molecule has 0 aliphatic rings. The van der Waals surface area contributed by atoms with Gasteiger partial charge in [-0.1, -0.05) is 12.1 Å². The van der Waals surface area contributed by atoms with Gasteiger partial charge in [-0.05, 0) is 43.2 Å².